The molecule has 0 radical (unpaired) electrons. The second kappa shape index (κ2) is 8.34. The lowest BCUT2D eigenvalue weighted by Gasteiger charge is -2.10. The lowest BCUT2D eigenvalue weighted by Crippen LogP contribution is -2.15. The summed E-state index contributed by atoms with van der Waals surface area (Å²) < 4.78 is 10.7. The van der Waals surface area contributed by atoms with Crippen molar-refractivity contribution in [2.75, 3.05) is 27.4 Å². The molecule has 0 atom stereocenters. The molecule has 0 aliphatic carbocycles. The Morgan fingerprint density at radius 3 is 2.72 bits per heavy atom. The minimum Gasteiger partial charge on any atom is -0.503 e. The zero-order valence-corrected chi connectivity index (χ0v) is 12.4. The first-order valence-corrected chi connectivity index (χ1v) is 6.73. The molecule has 0 unspecified atom stereocenters. The first-order valence-electron chi connectivity index (χ1n) is 5.94. The maximum atomic E-state index is 9.68. The maximum absolute atomic E-state index is 9.68. The van der Waals surface area contributed by atoms with Gasteiger partial charge in [0.25, 0.3) is 0 Å². The van der Waals surface area contributed by atoms with Crippen LogP contribution in [0.2, 0.25) is 0 Å². The summed E-state index contributed by atoms with van der Waals surface area (Å²) >= 11 is 3.31. The van der Waals surface area contributed by atoms with Gasteiger partial charge < -0.3 is 19.9 Å². The number of hydrogen-bond donors (Lipinski definition) is 2. The number of aromatic hydroxyl groups is 1. The fraction of sp³-hybridized carbons (Fsp3) is 0.538. The van der Waals surface area contributed by atoms with Crippen LogP contribution in [0.25, 0.3) is 0 Å². The van der Waals surface area contributed by atoms with Crippen molar-refractivity contribution < 1.29 is 14.6 Å². The van der Waals surface area contributed by atoms with Crippen molar-refractivity contribution in [2.45, 2.75) is 19.4 Å². The third-order valence-electron chi connectivity index (χ3n) is 2.59. The number of rotatable bonds is 8. The Bertz CT molecular complexity index is 371. The van der Waals surface area contributed by atoms with Crippen molar-refractivity contribution in [1.82, 2.24) is 5.32 Å². The fourth-order valence-corrected chi connectivity index (χ4v) is 2.10. The molecule has 0 bridgehead atoms. The average Bonchev–Trinajstić information content (AvgIpc) is 2.37. The minimum absolute atomic E-state index is 0.140. The Morgan fingerprint density at radius 1 is 1.28 bits per heavy atom. The summed E-state index contributed by atoms with van der Waals surface area (Å²) in [5, 5.41) is 13.0. The minimum atomic E-state index is 0.140. The summed E-state index contributed by atoms with van der Waals surface area (Å²) in [6, 6.07) is 3.72. The van der Waals surface area contributed by atoms with E-state index in [1.54, 1.807) is 14.2 Å². The van der Waals surface area contributed by atoms with Crippen LogP contribution in [0.3, 0.4) is 0 Å². The summed E-state index contributed by atoms with van der Waals surface area (Å²) in [7, 11) is 3.26. The maximum Gasteiger partial charge on any atom is 0.172 e. The molecule has 5 heteroatoms. The molecule has 0 saturated carbocycles. The zero-order valence-electron chi connectivity index (χ0n) is 10.8. The highest BCUT2D eigenvalue weighted by atomic mass is 79.9. The van der Waals surface area contributed by atoms with Crippen LogP contribution >= 0.6 is 15.9 Å². The van der Waals surface area contributed by atoms with Crippen LogP contribution in [0.5, 0.6) is 11.5 Å². The van der Waals surface area contributed by atoms with E-state index >= 15 is 0 Å². The van der Waals surface area contributed by atoms with Crippen molar-refractivity contribution in [3.05, 3.63) is 22.2 Å². The van der Waals surface area contributed by atoms with E-state index in [9.17, 15) is 5.11 Å². The highest BCUT2D eigenvalue weighted by molar-refractivity contribution is 9.10. The highest BCUT2D eigenvalue weighted by Crippen LogP contribution is 2.35. The van der Waals surface area contributed by atoms with Gasteiger partial charge in [0.05, 0.1) is 11.6 Å². The van der Waals surface area contributed by atoms with E-state index in [-0.39, 0.29) is 5.75 Å². The van der Waals surface area contributed by atoms with Crippen LogP contribution in [-0.2, 0) is 11.3 Å². The number of ether oxygens (including phenoxy) is 2. The molecule has 1 aromatic carbocycles. The summed E-state index contributed by atoms with van der Waals surface area (Å²) in [5.41, 5.74) is 1.07. The molecule has 0 aromatic heterocycles. The number of halogens is 1. The molecule has 0 amide bonds. The lowest BCUT2D eigenvalue weighted by molar-refractivity contribution is 0.192. The fourth-order valence-electron chi connectivity index (χ4n) is 1.61. The van der Waals surface area contributed by atoms with E-state index in [2.05, 4.69) is 21.2 Å². The molecule has 2 N–H and O–H groups in total. The molecule has 0 aliphatic rings. The summed E-state index contributed by atoms with van der Waals surface area (Å²) in [6.45, 7) is 2.51. The molecule has 1 aromatic rings. The predicted molar refractivity (Wildman–Crippen MR) is 75.2 cm³/mol. The molecule has 4 nitrogen and oxygen atoms in total. The number of hydrogen-bond acceptors (Lipinski definition) is 4. The highest BCUT2D eigenvalue weighted by Gasteiger charge is 2.08. The van der Waals surface area contributed by atoms with E-state index in [1.165, 1.54) is 0 Å². The van der Waals surface area contributed by atoms with Crippen LogP contribution in [0.15, 0.2) is 16.6 Å². The normalized spacial score (nSPS) is 10.6. The van der Waals surface area contributed by atoms with E-state index in [1.807, 2.05) is 12.1 Å². The first-order chi connectivity index (χ1) is 8.69. The molecule has 102 valence electrons. The molecular weight excluding hydrogens is 298 g/mol. The average molecular weight is 318 g/mol. The lowest BCUT2D eigenvalue weighted by atomic mass is 10.2. The van der Waals surface area contributed by atoms with E-state index in [0.717, 1.165) is 38.1 Å². The molecule has 1 rings (SSSR count). The Morgan fingerprint density at radius 2 is 2.06 bits per heavy atom. The Hall–Kier alpha value is -0.780. The number of nitrogens with one attached hydrogen (secondary N) is 1. The molecule has 0 spiro atoms. The van der Waals surface area contributed by atoms with Gasteiger partial charge in [-0.25, -0.2) is 0 Å². The summed E-state index contributed by atoms with van der Waals surface area (Å²) in [6.07, 6.45) is 2.15. The third-order valence-corrected chi connectivity index (χ3v) is 3.19. The second-order valence-corrected chi connectivity index (χ2v) is 4.86. The van der Waals surface area contributed by atoms with Crippen LogP contribution in [0, 0.1) is 0 Å². The van der Waals surface area contributed by atoms with Gasteiger partial charge in [-0.15, -0.1) is 0 Å². The van der Waals surface area contributed by atoms with Crippen molar-refractivity contribution in [1.29, 1.82) is 0 Å². The molecule has 0 fully saturated rings. The topological polar surface area (TPSA) is 50.7 Å². The van der Waals surface area contributed by atoms with Gasteiger partial charge >= 0.3 is 0 Å². The van der Waals surface area contributed by atoms with Gasteiger partial charge in [0.1, 0.15) is 0 Å². The molecular formula is C13H20BrNO3. The zero-order chi connectivity index (χ0) is 13.4. The van der Waals surface area contributed by atoms with Crippen molar-refractivity contribution >= 4 is 15.9 Å². The van der Waals surface area contributed by atoms with Crippen LogP contribution < -0.4 is 10.1 Å². The summed E-state index contributed by atoms with van der Waals surface area (Å²) in [4.78, 5) is 0. The Balaban J connectivity index is 2.40. The van der Waals surface area contributed by atoms with Gasteiger partial charge in [0.15, 0.2) is 11.5 Å². The molecule has 18 heavy (non-hydrogen) atoms. The third kappa shape index (κ3) is 4.84. The van der Waals surface area contributed by atoms with Crippen molar-refractivity contribution in [2.24, 2.45) is 0 Å². The predicted octanol–water partition coefficient (Wildman–Crippen LogP) is 2.68. The first kappa shape index (κ1) is 15.3. The molecule has 0 saturated heterocycles. The largest absolute Gasteiger partial charge is 0.503 e. The van der Waals surface area contributed by atoms with Crippen LogP contribution in [-0.4, -0.2) is 32.5 Å². The molecule has 0 aliphatic heterocycles. The van der Waals surface area contributed by atoms with Crippen LogP contribution in [0.1, 0.15) is 18.4 Å². The smallest absolute Gasteiger partial charge is 0.172 e. The Labute approximate surface area is 116 Å². The van der Waals surface area contributed by atoms with Crippen molar-refractivity contribution in [3.8, 4) is 11.5 Å². The number of benzene rings is 1. The van der Waals surface area contributed by atoms with Gasteiger partial charge in [0, 0.05) is 20.3 Å². The quantitative estimate of drug-likeness (QED) is 0.724. The van der Waals surface area contributed by atoms with Gasteiger partial charge in [-0.3, -0.25) is 0 Å². The van der Waals surface area contributed by atoms with Gasteiger partial charge in [-0.05, 0) is 53.0 Å². The second-order valence-electron chi connectivity index (χ2n) is 4.01. The van der Waals surface area contributed by atoms with Gasteiger partial charge in [-0.2, -0.15) is 0 Å². The monoisotopic (exact) mass is 317 g/mol. The Kier molecular flexibility index (Phi) is 7.08. The van der Waals surface area contributed by atoms with E-state index in [4.69, 9.17) is 9.47 Å². The standard InChI is InChI=1S/C13H20BrNO3/c1-17-6-4-3-5-15-9-10-7-11(14)13(16)12(8-10)18-2/h7-8,15-16H,3-6,9H2,1-2H3. The number of phenols is 1. The summed E-state index contributed by atoms with van der Waals surface area (Å²) in [5.74, 6) is 0.627. The SMILES string of the molecule is COCCCCNCc1cc(Br)c(O)c(OC)c1. The van der Waals surface area contributed by atoms with E-state index in [0.29, 0.717) is 10.2 Å². The number of unbranched alkanes of at least 4 members (excludes halogenated alkanes) is 1. The van der Waals surface area contributed by atoms with Gasteiger partial charge in [-0.1, -0.05) is 0 Å². The van der Waals surface area contributed by atoms with Gasteiger partial charge in [0.2, 0.25) is 0 Å². The van der Waals surface area contributed by atoms with E-state index < -0.39 is 0 Å². The number of phenolic OH excluding ortho intramolecular Hbond substituents is 1. The van der Waals surface area contributed by atoms with Crippen molar-refractivity contribution in [3.63, 3.8) is 0 Å². The molecule has 0 heterocycles. The van der Waals surface area contributed by atoms with Crippen LogP contribution in [0.4, 0.5) is 0 Å². The number of methoxy groups -OCH3 is 2.